The van der Waals surface area contributed by atoms with E-state index >= 15 is 0 Å². The van der Waals surface area contributed by atoms with Crippen molar-refractivity contribution in [1.29, 1.82) is 0 Å². The Balaban J connectivity index is 2.17. The minimum atomic E-state index is -3.52. The summed E-state index contributed by atoms with van der Waals surface area (Å²) >= 11 is 11.7. The number of hydrogen-bond acceptors (Lipinski definition) is 3. The Morgan fingerprint density at radius 3 is 2.12 bits per heavy atom. The zero-order chi connectivity index (χ0) is 18.6. The Bertz CT molecular complexity index is 864. The Labute approximate surface area is 157 Å². The summed E-state index contributed by atoms with van der Waals surface area (Å²) in [6.45, 7) is 4.36. The van der Waals surface area contributed by atoms with Crippen LogP contribution in [0.3, 0.4) is 0 Å². The molecular formula is C17H18Cl2N2O3S. The fourth-order valence-corrected chi connectivity index (χ4v) is 4.02. The van der Waals surface area contributed by atoms with E-state index in [9.17, 15) is 13.2 Å². The number of sulfonamides is 1. The highest BCUT2D eigenvalue weighted by atomic mass is 35.5. The Morgan fingerprint density at radius 1 is 1.00 bits per heavy atom. The molecule has 0 saturated heterocycles. The van der Waals surface area contributed by atoms with Gasteiger partial charge in [-0.15, -0.1) is 0 Å². The third kappa shape index (κ3) is 4.52. The van der Waals surface area contributed by atoms with Gasteiger partial charge in [0.2, 0.25) is 10.0 Å². The number of rotatable bonds is 6. The number of nitrogens with zero attached hydrogens (tertiary/aromatic N) is 1. The molecule has 0 aliphatic heterocycles. The first-order chi connectivity index (χ1) is 11.8. The van der Waals surface area contributed by atoms with Crippen molar-refractivity contribution in [3.63, 3.8) is 0 Å². The molecule has 134 valence electrons. The molecule has 0 aliphatic rings. The minimum absolute atomic E-state index is 0.184. The van der Waals surface area contributed by atoms with Gasteiger partial charge in [0.25, 0.3) is 5.91 Å². The maximum atomic E-state index is 12.4. The standard InChI is InChI=1S/C17H18Cl2N2O3S/c1-3-21(4-2)25(23,24)14-8-6-13(7-9-14)20-17(22)12-5-10-15(18)16(19)11-12/h5-11H,3-4H2,1-2H3,(H,20,22). The quantitative estimate of drug-likeness (QED) is 0.786. The van der Waals surface area contributed by atoms with Gasteiger partial charge in [0, 0.05) is 24.3 Å². The number of amides is 1. The van der Waals surface area contributed by atoms with Crippen molar-refractivity contribution in [2.75, 3.05) is 18.4 Å². The minimum Gasteiger partial charge on any atom is -0.322 e. The van der Waals surface area contributed by atoms with Crippen LogP contribution >= 0.6 is 23.2 Å². The van der Waals surface area contributed by atoms with Gasteiger partial charge >= 0.3 is 0 Å². The number of hydrogen-bond donors (Lipinski definition) is 1. The van der Waals surface area contributed by atoms with Gasteiger partial charge in [-0.3, -0.25) is 4.79 Å². The second-order valence-electron chi connectivity index (χ2n) is 5.20. The van der Waals surface area contributed by atoms with Gasteiger partial charge in [-0.25, -0.2) is 8.42 Å². The lowest BCUT2D eigenvalue weighted by atomic mass is 10.2. The van der Waals surface area contributed by atoms with E-state index in [1.54, 1.807) is 38.1 Å². The molecule has 2 rings (SSSR count). The summed E-state index contributed by atoms with van der Waals surface area (Å²) in [6, 6.07) is 10.6. The molecule has 5 nitrogen and oxygen atoms in total. The molecule has 8 heteroatoms. The molecule has 25 heavy (non-hydrogen) atoms. The van der Waals surface area contributed by atoms with Gasteiger partial charge in [0.15, 0.2) is 0 Å². The van der Waals surface area contributed by atoms with Crippen LogP contribution < -0.4 is 5.32 Å². The van der Waals surface area contributed by atoms with Crippen LogP contribution in [0.1, 0.15) is 24.2 Å². The predicted octanol–water partition coefficient (Wildman–Crippen LogP) is 4.28. The lowest BCUT2D eigenvalue weighted by molar-refractivity contribution is 0.102. The van der Waals surface area contributed by atoms with E-state index in [1.165, 1.54) is 22.5 Å². The van der Waals surface area contributed by atoms with E-state index in [0.717, 1.165) is 0 Å². The molecule has 0 aromatic heterocycles. The van der Waals surface area contributed by atoms with Gasteiger partial charge in [-0.05, 0) is 42.5 Å². The van der Waals surface area contributed by atoms with Crippen molar-refractivity contribution in [3.8, 4) is 0 Å². The largest absolute Gasteiger partial charge is 0.322 e. The van der Waals surface area contributed by atoms with Gasteiger partial charge < -0.3 is 5.32 Å². The highest BCUT2D eigenvalue weighted by Crippen LogP contribution is 2.23. The summed E-state index contributed by atoms with van der Waals surface area (Å²) in [5.41, 5.74) is 0.837. The molecule has 1 N–H and O–H groups in total. The van der Waals surface area contributed by atoms with E-state index in [1.807, 2.05) is 0 Å². The summed E-state index contributed by atoms with van der Waals surface area (Å²) in [7, 11) is -3.52. The number of halogens is 2. The molecule has 0 spiro atoms. The first-order valence-corrected chi connectivity index (χ1v) is 9.85. The summed E-state index contributed by atoms with van der Waals surface area (Å²) in [5, 5.41) is 3.34. The number of carbonyl (C=O) groups excluding carboxylic acids is 1. The summed E-state index contributed by atoms with van der Waals surface area (Å²) in [5.74, 6) is -0.363. The zero-order valence-corrected chi connectivity index (χ0v) is 16.1. The second-order valence-corrected chi connectivity index (χ2v) is 7.95. The summed E-state index contributed by atoms with van der Waals surface area (Å²) in [6.07, 6.45) is 0. The number of anilines is 1. The molecule has 0 radical (unpaired) electrons. The smallest absolute Gasteiger partial charge is 0.255 e. The van der Waals surface area contributed by atoms with Crippen molar-refractivity contribution in [2.45, 2.75) is 18.7 Å². The fraction of sp³-hybridized carbons (Fsp3) is 0.235. The molecule has 2 aromatic carbocycles. The molecule has 2 aromatic rings. The molecule has 0 fully saturated rings. The Kier molecular flexibility index (Phi) is 6.46. The third-order valence-corrected chi connectivity index (χ3v) is 6.44. The van der Waals surface area contributed by atoms with E-state index in [-0.39, 0.29) is 15.8 Å². The van der Waals surface area contributed by atoms with Crippen molar-refractivity contribution in [3.05, 3.63) is 58.1 Å². The van der Waals surface area contributed by atoms with Crippen LogP contribution in [-0.2, 0) is 10.0 Å². The van der Waals surface area contributed by atoms with Crippen LogP contribution in [0.25, 0.3) is 0 Å². The number of carbonyl (C=O) groups is 1. The van der Waals surface area contributed by atoms with Crippen LogP contribution in [0, 0.1) is 0 Å². The highest BCUT2D eigenvalue weighted by Gasteiger charge is 2.21. The van der Waals surface area contributed by atoms with Gasteiger partial charge in [0.1, 0.15) is 0 Å². The SMILES string of the molecule is CCN(CC)S(=O)(=O)c1ccc(NC(=O)c2ccc(Cl)c(Cl)c2)cc1. The lowest BCUT2D eigenvalue weighted by Crippen LogP contribution is -2.30. The first kappa shape index (κ1) is 19.7. The van der Waals surface area contributed by atoms with Gasteiger partial charge in [-0.2, -0.15) is 4.31 Å². The van der Waals surface area contributed by atoms with Crippen LogP contribution in [-0.4, -0.2) is 31.7 Å². The maximum Gasteiger partial charge on any atom is 0.255 e. The van der Waals surface area contributed by atoms with Crippen molar-refractivity contribution >= 4 is 44.8 Å². The Morgan fingerprint density at radius 2 is 1.60 bits per heavy atom. The summed E-state index contributed by atoms with van der Waals surface area (Å²) in [4.78, 5) is 12.4. The van der Waals surface area contributed by atoms with Crippen LogP contribution in [0.2, 0.25) is 10.0 Å². The number of benzene rings is 2. The Hall–Kier alpha value is -1.60. The molecule has 0 saturated carbocycles. The molecule has 1 amide bonds. The average molecular weight is 401 g/mol. The third-order valence-electron chi connectivity index (χ3n) is 3.64. The van der Waals surface area contributed by atoms with Crippen molar-refractivity contribution in [2.24, 2.45) is 0 Å². The highest BCUT2D eigenvalue weighted by molar-refractivity contribution is 7.89. The van der Waals surface area contributed by atoms with Crippen molar-refractivity contribution < 1.29 is 13.2 Å². The predicted molar refractivity (Wildman–Crippen MR) is 101 cm³/mol. The van der Waals surface area contributed by atoms with E-state index in [0.29, 0.717) is 29.4 Å². The lowest BCUT2D eigenvalue weighted by Gasteiger charge is -2.18. The van der Waals surface area contributed by atoms with Crippen LogP contribution in [0.5, 0.6) is 0 Å². The maximum absolute atomic E-state index is 12.4. The molecule has 0 bridgehead atoms. The summed E-state index contributed by atoms with van der Waals surface area (Å²) < 4.78 is 26.2. The monoisotopic (exact) mass is 400 g/mol. The zero-order valence-electron chi connectivity index (χ0n) is 13.8. The topological polar surface area (TPSA) is 66.5 Å². The van der Waals surface area contributed by atoms with Crippen LogP contribution in [0.4, 0.5) is 5.69 Å². The normalized spacial score (nSPS) is 11.6. The van der Waals surface area contributed by atoms with Crippen molar-refractivity contribution in [1.82, 2.24) is 4.31 Å². The molecule has 0 aliphatic carbocycles. The first-order valence-electron chi connectivity index (χ1n) is 7.66. The van der Waals surface area contributed by atoms with Gasteiger partial charge in [0.05, 0.1) is 14.9 Å². The fourth-order valence-electron chi connectivity index (χ4n) is 2.26. The molecular weight excluding hydrogens is 383 g/mol. The van der Waals surface area contributed by atoms with E-state index in [4.69, 9.17) is 23.2 Å². The number of nitrogens with one attached hydrogen (secondary N) is 1. The molecule has 0 heterocycles. The molecule has 0 unspecified atom stereocenters. The second kappa shape index (κ2) is 8.19. The molecule has 0 atom stereocenters. The van der Waals surface area contributed by atoms with Gasteiger partial charge in [-0.1, -0.05) is 37.0 Å². The van der Waals surface area contributed by atoms with E-state index in [2.05, 4.69) is 5.32 Å². The van der Waals surface area contributed by atoms with Crippen LogP contribution in [0.15, 0.2) is 47.4 Å². The average Bonchev–Trinajstić information content (AvgIpc) is 2.58. The van der Waals surface area contributed by atoms with E-state index < -0.39 is 10.0 Å².